The minimum atomic E-state index is -3.81. The predicted molar refractivity (Wildman–Crippen MR) is 96.7 cm³/mol. The van der Waals surface area contributed by atoms with Crippen LogP contribution in [0.15, 0.2) is 41.3 Å². The quantitative estimate of drug-likeness (QED) is 0.889. The number of nitrogens with one attached hydrogen (secondary N) is 1. The van der Waals surface area contributed by atoms with E-state index in [1.807, 2.05) is 13.0 Å². The van der Waals surface area contributed by atoms with Crippen molar-refractivity contribution in [1.82, 2.24) is 0 Å². The van der Waals surface area contributed by atoms with E-state index < -0.39 is 10.0 Å². The lowest BCUT2D eigenvalue weighted by Gasteiger charge is -2.14. The van der Waals surface area contributed by atoms with Gasteiger partial charge in [-0.05, 0) is 47.9 Å². The highest BCUT2D eigenvalue weighted by Crippen LogP contribution is 2.32. The van der Waals surface area contributed by atoms with Crippen molar-refractivity contribution in [3.8, 4) is 5.75 Å². The molecule has 2 aromatic carbocycles. The van der Waals surface area contributed by atoms with Crippen LogP contribution in [0.5, 0.6) is 5.75 Å². The summed E-state index contributed by atoms with van der Waals surface area (Å²) in [4.78, 5) is 13.4. The molecular formula is C18H20N2O4S. The second-order valence-corrected chi connectivity index (χ2v) is 7.57. The zero-order valence-corrected chi connectivity index (χ0v) is 15.2. The molecule has 132 valence electrons. The topological polar surface area (TPSA) is 75.7 Å². The molecule has 1 heterocycles. The maximum absolute atomic E-state index is 12.8. The normalized spacial score (nSPS) is 13.7. The summed E-state index contributed by atoms with van der Waals surface area (Å²) in [5.41, 5.74) is 2.94. The van der Waals surface area contributed by atoms with Crippen molar-refractivity contribution in [2.75, 3.05) is 23.8 Å². The highest BCUT2D eigenvalue weighted by molar-refractivity contribution is 7.92. The van der Waals surface area contributed by atoms with Crippen LogP contribution in [0.2, 0.25) is 0 Å². The Morgan fingerprint density at radius 3 is 2.64 bits per heavy atom. The van der Waals surface area contributed by atoms with E-state index in [-0.39, 0.29) is 17.2 Å². The van der Waals surface area contributed by atoms with E-state index in [2.05, 4.69) is 4.72 Å². The third kappa shape index (κ3) is 3.19. The van der Waals surface area contributed by atoms with Crippen LogP contribution < -0.4 is 14.4 Å². The number of anilines is 2. The maximum atomic E-state index is 12.8. The van der Waals surface area contributed by atoms with E-state index in [1.54, 1.807) is 42.3 Å². The number of likely N-dealkylation sites (N-methyl/N-ethyl adjacent to an activating group) is 1. The van der Waals surface area contributed by atoms with Crippen molar-refractivity contribution in [2.45, 2.75) is 24.7 Å². The van der Waals surface area contributed by atoms with Gasteiger partial charge in [-0.3, -0.25) is 9.52 Å². The lowest BCUT2D eigenvalue weighted by Crippen LogP contribution is -2.20. The number of fused-ring (bicyclic) bond motifs is 1. The number of nitrogens with zero attached hydrogens (tertiary/aromatic N) is 1. The molecule has 1 amide bonds. The summed E-state index contributed by atoms with van der Waals surface area (Å²) in [5, 5.41) is 0. The molecule has 0 saturated carbocycles. The fraction of sp³-hybridized carbons (Fsp3) is 0.278. The largest absolute Gasteiger partial charge is 0.495 e. The van der Waals surface area contributed by atoms with Gasteiger partial charge in [0.15, 0.2) is 0 Å². The molecule has 2 aromatic rings. The van der Waals surface area contributed by atoms with Gasteiger partial charge in [0.05, 0.1) is 13.5 Å². The molecule has 25 heavy (non-hydrogen) atoms. The van der Waals surface area contributed by atoms with E-state index in [0.29, 0.717) is 11.4 Å². The van der Waals surface area contributed by atoms with Crippen LogP contribution in [0.4, 0.5) is 11.4 Å². The molecule has 0 fully saturated rings. The first-order chi connectivity index (χ1) is 11.9. The van der Waals surface area contributed by atoms with Gasteiger partial charge in [-0.2, -0.15) is 0 Å². The third-order valence-electron chi connectivity index (χ3n) is 4.33. The number of hydrogen-bond acceptors (Lipinski definition) is 4. The number of sulfonamides is 1. The molecule has 0 bridgehead atoms. The maximum Gasteiger partial charge on any atom is 0.265 e. The number of carbonyl (C=O) groups excluding carboxylic acids is 1. The summed E-state index contributed by atoms with van der Waals surface area (Å²) in [5.74, 6) is 0.285. The number of amides is 1. The fourth-order valence-electron chi connectivity index (χ4n) is 2.89. The summed E-state index contributed by atoms with van der Waals surface area (Å²) in [6, 6.07) is 10.2. The zero-order chi connectivity index (χ0) is 18.2. The van der Waals surface area contributed by atoms with Crippen molar-refractivity contribution in [2.24, 2.45) is 0 Å². The number of rotatable bonds is 5. The summed E-state index contributed by atoms with van der Waals surface area (Å²) >= 11 is 0. The van der Waals surface area contributed by atoms with Crippen LogP contribution in [-0.2, 0) is 27.7 Å². The van der Waals surface area contributed by atoms with Gasteiger partial charge >= 0.3 is 0 Å². The third-order valence-corrected chi connectivity index (χ3v) is 5.74. The van der Waals surface area contributed by atoms with Crippen LogP contribution in [0.3, 0.4) is 0 Å². The number of ether oxygens (including phenoxy) is 1. The Morgan fingerprint density at radius 2 is 1.96 bits per heavy atom. The van der Waals surface area contributed by atoms with Crippen LogP contribution in [-0.4, -0.2) is 28.5 Å². The van der Waals surface area contributed by atoms with Gasteiger partial charge in [-0.1, -0.05) is 13.0 Å². The molecule has 1 aliphatic rings. The van der Waals surface area contributed by atoms with Gasteiger partial charge in [0.2, 0.25) is 5.91 Å². The summed E-state index contributed by atoms with van der Waals surface area (Å²) < 4.78 is 33.4. The fourth-order valence-corrected chi connectivity index (χ4v) is 4.16. The molecule has 1 N–H and O–H groups in total. The molecule has 0 aromatic heterocycles. The number of benzene rings is 2. The zero-order valence-electron chi connectivity index (χ0n) is 14.4. The predicted octanol–water partition coefficient (Wildman–Crippen LogP) is 2.58. The van der Waals surface area contributed by atoms with Gasteiger partial charge in [0, 0.05) is 18.4 Å². The highest BCUT2D eigenvalue weighted by atomic mass is 32.2. The minimum absolute atomic E-state index is 0.00711. The van der Waals surface area contributed by atoms with Crippen LogP contribution in [0.25, 0.3) is 0 Å². The van der Waals surface area contributed by atoms with Gasteiger partial charge in [0.1, 0.15) is 10.6 Å². The van der Waals surface area contributed by atoms with Gasteiger partial charge in [-0.15, -0.1) is 0 Å². The lowest BCUT2D eigenvalue weighted by molar-refractivity contribution is -0.117. The van der Waals surface area contributed by atoms with E-state index >= 15 is 0 Å². The van der Waals surface area contributed by atoms with E-state index in [1.165, 1.54) is 7.11 Å². The number of methoxy groups -OCH3 is 1. The highest BCUT2D eigenvalue weighted by Gasteiger charge is 2.25. The summed E-state index contributed by atoms with van der Waals surface area (Å²) in [7, 11) is -0.658. The van der Waals surface area contributed by atoms with Crippen molar-refractivity contribution >= 4 is 27.3 Å². The molecule has 0 unspecified atom stereocenters. The molecule has 7 heteroatoms. The summed E-state index contributed by atoms with van der Waals surface area (Å²) in [6.07, 6.45) is 0.996. The monoisotopic (exact) mass is 360 g/mol. The first kappa shape index (κ1) is 17.3. The first-order valence-corrected chi connectivity index (χ1v) is 9.43. The average Bonchev–Trinajstić information content (AvgIpc) is 2.87. The van der Waals surface area contributed by atoms with E-state index in [9.17, 15) is 13.2 Å². The van der Waals surface area contributed by atoms with Crippen molar-refractivity contribution in [3.63, 3.8) is 0 Å². The molecule has 1 aliphatic heterocycles. The molecule has 6 nitrogen and oxygen atoms in total. The second kappa shape index (κ2) is 6.40. The molecule has 0 aliphatic carbocycles. The number of carbonyl (C=O) groups is 1. The van der Waals surface area contributed by atoms with Crippen molar-refractivity contribution in [1.29, 1.82) is 0 Å². The Hall–Kier alpha value is -2.54. The molecule has 0 saturated heterocycles. The molecule has 0 radical (unpaired) electrons. The summed E-state index contributed by atoms with van der Waals surface area (Å²) in [6.45, 7) is 1.96. The standard InChI is InChI=1S/C18H20N2O4S/c1-4-12-5-8-16(24-3)17(9-12)25(22,23)19-14-6-7-15-13(10-14)11-18(21)20(15)2/h5-10,19H,4,11H2,1-3H3. The van der Waals surface area contributed by atoms with Crippen LogP contribution in [0.1, 0.15) is 18.1 Å². The van der Waals surface area contributed by atoms with Gasteiger partial charge < -0.3 is 9.64 Å². The SMILES string of the molecule is CCc1ccc(OC)c(S(=O)(=O)Nc2ccc3c(c2)CC(=O)N3C)c1. The van der Waals surface area contributed by atoms with E-state index in [0.717, 1.165) is 23.2 Å². The Kier molecular flexibility index (Phi) is 4.43. The van der Waals surface area contributed by atoms with Crippen LogP contribution >= 0.6 is 0 Å². The first-order valence-electron chi connectivity index (χ1n) is 7.95. The van der Waals surface area contributed by atoms with Gasteiger partial charge in [0.25, 0.3) is 10.0 Å². The van der Waals surface area contributed by atoms with Crippen molar-refractivity contribution in [3.05, 3.63) is 47.5 Å². The Labute approximate surface area is 147 Å². The second-order valence-electron chi connectivity index (χ2n) is 5.92. The lowest BCUT2D eigenvalue weighted by atomic mass is 10.1. The number of aryl methyl sites for hydroxylation is 1. The molecular weight excluding hydrogens is 340 g/mol. The van der Waals surface area contributed by atoms with E-state index in [4.69, 9.17) is 4.74 Å². The van der Waals surface area contributed by atoms with Gasteiger partial charge in [-0.25, -0.2) is 8.42 Å². The molecule has 0 atom stereocenters. The van der Waals surface area contributed by atoms with Crippen molar-refractivity contribution < 1.29 is 17.9 Å². The van der Waals surface area contributed by atoms with Crippen LogP contribution in [0, 0.1) is 0 Å². The smallest absolute Gasteiger partial charge is 0.265 e. The molecule has 0 spiro atoms. The number of hydrogen-bond donors (Lipinski definition) is 1. The minimum Gasteiger partial charge on any atom is -0.495 e. The Bertz CT molecular complexity index is 938. The average molecular weight is 360 g/mol. The Morgan fingerprint density at radius 1 is 1.20 bits per heavy atom. The molecule has 3 rings (SSSR count). The Balaban J connectivity index is 1.96.